The number of carbonyl (C=O) groups excluding carboxylic acids is 1. The van der Waals surface area contributed by atoms with Gasteiger partial charge in [0.05, 0.1) is 0 Å². The number of nitrogens with zero attached hydrogens (tertiary/aromatic N) is 4. The molecule has 0 saturated heterocycles. The van der Waals surface area contributed by atoms with E-state index >= 15 is 0 Å². The molecule has 110 valence electrons. The summed E-state index contributed by atoms with van der Waals surface area (Å²) in [7, 11) is 0. The van der Waals surface area contributed by atoms with Gasteiger partial charge in [-0.15, -0.1) is 0 Å². The van der Waals surface area contributed by atoms with Crippen LogP contribution in [0.15, 0.2) is 30.6 Å². The van der Waals surface area contributed by atoms with Crippen molar-refractivity contribution in [1.29, 1.82) is 0 Å². The van der Waals surface area contributed by atoms with E-state index in [1.807, 2.05) is 6.92 Å². The van der Waals surface area contributed by atoms with Gasteiger partial charge in [0.1, 0.15) is 6.33 Å². The summed E-state index contributed by atoms with van der Waals surface area (Å²) in [6, 6.07) is 5.39. The van der Waals surface area contributed by atoms with Gasteiger partial charge in [-0.3, -0.25) is 9.69 Å². The first-order chi connectivity index (χ1) is 10.1. The van der Waals surface area contributed by atoms with Crippen LogP contribution >= 0.6 is 0 Å². The second-order valence-electron chi connectivity index (χ2n) is 5.19. The summed E-state index contributed by atoms with van der Waals surface area (Å²) in [6.45, 7) is 3.27. The maximum absolute atomic E-state index is 12.5. The maximum atomic E-state index is 12.5. The lowest BCUT2D eigenvalue weighted by molar-refractivity contribution is 0.0973. The summed E-state index contributed by atoms with van der Waals surface area (Å²) < 4.78 is 26.8. The van der Waals surface area contributed by atoms with Crippen molar-refractivity contribution in [1.82, 2.24) is 14.8 Å². The molecule has 1 amide bonds. The van der Waals surface area contributed by atoms with Gasteiger partial charge in [0, 0.05) is 24.2 Å². The van der Waals surface area contributed by atoms with E-state index in [1.165, 1.54) is 30.6 Å². The smallest absolute Gasteiger partial charge is 0.263 e. The van der Waals surface area contributed by atoms with E-state index in [9.17, 15) is 13.6 Å². The van der Waals surface area contributed by atoms with Crippen molar-refractivity contribution in [2.45, 2.75) is 19.9 Å². The lowest BCUT2D eigenvalue weighted by atomic mass is 10.1. The number of halogens is 2. The van der Waals surface area contributed by atoms with Crippen LogP contribution < -0.4 is 4.90 Å². The Kier molecular flexibility index (Phi) is 3.40. The molecular weight excluding hydrogens is 278 g/mol. The third-order valence-electron chi connectivity index (χ3n) is 3.47. The van der Waals surface area contributed by atoms with Crippen LogP contribution in [0.25, 0.3) is 0 Å². The van der Waals surface area contributed by atoms with Crippen molar-refractivity contribution >= 4 is 11.9 Å². The lowest BCUT2D eigenvalue weighted by Crippen LogP contribution is -2.42. The van der Waals surface area contributed by atoms with Crippen LogP contribution in [0.4, 0.5) is 14.7 Å². The van der Waals surface area contributed by atoms with E-state index in [2.05, 4.69) is 10.1 Å². The molecule has 2 aromatic rings. The fourth-order valence-corrected chi connectivity index (χ4v) is 2.44. The minimum Gasteiger partial charge on any atom is -0.276 e. The number of amides is 1. The van der Waals surface area contributed by atoms with Gasteiger partial charge in [-0.1, -0.05) is 19.1 Å². The number of rotatable bonds is 2. The van der Waals surface area contributed by atoms with Crippen LogP contribution in [0.1, 0.15) is 29.3 Å². The van der Waals surface area contributed by atoms with Crippen molar-refractivity contribution in [2.75, 3.05) is 11.4 Å². The van der Waals surface area contributed by atoms with Crippen LogP contribution in [-0.4, -0.2) is 27.2 Å². The molecule has 7 heteroatoms. The first-order valence-electron chi connectivity index (χ1n) is 6.64. The highest BCUT2D eigenvalue weighted by Gasteiger charge is 2.29. The molecule has 1 aromatic heterocycles. The quantitative estimate of drug-likeness (QED) is 0.854. The monoisotopic (exact) mass is 292 g/mol. The molecule has 0 radical (unpaired) electrons. The molecule has 0 bridgehead atoms. The number of anilines is 1. The van der Waals surface area contributed by atoms with Crippen LogP contribution in [-0.2, 0) is 6.54 Å². The van der Waals surface area contributed by atoms with E-state index in [4.69, 9.17) is 0 Å². The molecule has 0 saturated carbocycles. The SMILES string of the molecule is CC1CN(C(=O)c2ccc(C(F)F)cc2)c2ncnn2C1. The largest absolute Gasteiger partial charge is 0.276 e. The normalized spacial score (nSPS) is 17.9. The van der Waals surface area contributed by atoms with Crippen molar-refractivity contribution in [3.8, 4) is 0 Å². The Morgan fingerprint density at radius 2 is 2.00 bits per heavy atom. The fraction of sp³-hybridized carbons (Fsp3) is 0.357. The van der Waals surface area contributed by atoms with Gasteiger partial charge in [-0.2, -0.15) is 10.1 Å². The number of carbonyl (C=O) groups is 1. The Hall–Kier alpha value is -2.31. The molecule has 0 N–H and O–H groups in total. The number of hydrogen-bond donors (Lipinski definition) is 0. The first-order valence-corrected chi connectivity index (χ1v) is 6.64. The second kappa shape index (κ2) is 5.23. The van der Waals surface area contributed by atoms with Gasteiger partial charge in [-0.05, 0) is 18.1 Å². The van der Waals surface area contributed by atoms with Crippen molar-refractivity contribution in [2.24, 2.45) is 5.92 Å². The molecule has 3 rings (SSSR count). The zero-order valence-corrected chi connectivity index (χ0v) is 11.4. The zero-order valence-electron chi connectivity index (χ0n) is 11.4. The number of fused-ring (bicyclic) bond motifs is 1. The van der Waals surface area contributed by atoms with Crippen LogP contribution in [0.2, 0.25) is 0 Å². The zero-order chi connectivity index (χ0) is 15.0. The predicted molar refractivity (Wildman–Crippen MR) is 72.3 cm³/mol. The molecule has 5 nitrogen and oxygen atoms in total. The second-order valence-corrected chi connectivity index (χ2v) is 5.19. The molecule has 2 heterocycles. The average molecular weight is 292 g/mol. The Bertz CT molecular complexity index is 653. The summed E-state index contributed by atoms with van der Waals surface area (Å²) >= 11 is 0. The molecule has 0 fully saturated rings. The molecule has 1 atom stereocenters. The van der Waals surface area contributed by atoms with Gasteiger partial charge in [0.2, 0.25) is 5.95 Å². The Labute approximate surface area is 120 Å². The van der Waals surface area contributed by atoms with Crippen LogP contribution in [0.5, 0.6) is 0 Å². The summed E-state index contributed by atoms with van der Waals surface area (Å²) in [4.78, 5) is 18.2. The Morgan fingerprint density at radius 3 is 2.67 bits per heavy atom. The maximum Gasteiger partial charge on any atom is 0.263 e. The summed E-state index contributed by atoms with van der Waals surface area (Å²) in [5.74, 6) is 0.496. The van der Waals surface area contributed by atoms with E-state index in [0.717, 1.165) is 0 Å². The van der Waals surface area contributed by atoms with Gasteiger partial charge in [0.25, 0.3) is 12.3 Å². The highest BCUT2D eigenvalue weighted by molar-refractivity contribution is 6.05. The predicted octanol–water partition coefficient (Wildman–Crippen LogP) is 2.51. The first kappa shape index (κ1) is 13.7. The molecule has 1 aliphatic heterocycles. The van der Waals surface area contributed by atoms with Crippen molar-refractivity contribution < 1.29 is 13.6 Å². The van der Waals surface area contributed by atoms with Gasteiger partial charge in [-0.25, -0.2) is 13.5 Å². The Balaban J connectivity index is 1.89. The van der Waals surface area contributed by atoms with Crippen LogP contribution in [0, 0.1) is 5.92 Å². The highest BCUT2D eigenvalue weighted by Crippen LogP contribution is 2.24. The summed E-state index contributed by atoms with van der Waals surface area (Å²) in [6.07, 6.45) is -1.12. The molecule has 0 aliphatic carbocycles. The minimum atomic E-state index is -2.53. The highest BCUT2D eigenvalue weighted by atomic mass is 19.3. The minimum absolute atomic E-state index is 0.0956. The van der Waals surface area contributed by atoms with E-state index in [-0.39, 0.29) is 17.4 Å². The van der Waals surface area contributed by atoms with Gasteiger partial charge >= 0.3 is 0 Å². The third-order valence-corrected chi connectivity index (χ3v) is 3.47. The number of benzene rings is 1. The van der Waals surface area contributed by atoms with Crippen molar-refractivity contribution in [3.05, 3.63) is 41.7 Å². The van der Waals surface area contributed by atoms with E-state index < -0.39 is 6.43 Å². The summed E-state index contributed by atoms with van der Waals surface area (Å²) in [5.41, 5.74) is 0.268. The molecule has 1 aliphatic rings. The molecule has 1 unspecified atom stereocenters. The number of alkyl halides is 2. The topological polar surface area (TPSA) is 51.0 Å². The van der Waals surface area contributed by atoms with Gasteiger partial charge < -0.3 is 0 Å². The third kappa shape index (κ3) is 2.51. The number of hydrogen-bond acceptors (Lipinski definition) is 3. The van der Waals surface area contributed by atoms with Crippen molar-refractivity contribution in [3.63, 3.8) is 0 Å². The Morgan fingerprint density at radius 1 is 1.29 bits per heavy atom. The molecule has 1 aromatic carbocycles. The lowest BCUT2D eigenvalue weighted by Gasteiger charge is -2.30. The molecule has 21 heavy (non-hydrogen) atoms. The average Bonchev–Trinajstić information content (AvgIpc) is 2.93. The fourth-order valence-electron chi connectivity index (χ4n) is 2.44. The summed E-state index contributed by atoms with van der Waals surface area (Å²) in [5, 5.41) is 4.08. The van der Waals surface area contributed by atoms with E-state index in [0.29, 0.717) is 24.6 Å². The standard InChI is InChI=1S/C14H14F2N4O/c1-9-6-19(14-17-8-18-20(14)7-9)13(21)11-4-2-10(3-5-11)12(15)16/h2-5,8-9,12H,6-7H2,1H3. The van der Waals surface area contributed by atoms with Gasteiger partial charge in [0.15, 0.2) is 0 Å². The molecular formula is C14H14F2N4O. The molecule has 0 spiro atoms. The number of aromatic nitrogens is 3. The van der Waals surface area contributed by atoms with Crippen LogP contribution in [0.3, 0.4) is 0 Å². The van der Waals surface area contributed by atoms with E-state index in [1.54, 1.807) is 9.58 Å².